The van der Waals surface area contributed by atoms with Crippen molar-refractivity contribution in [2.24, 2.45) is 11.1 Å². The van der Waals surface area contributed by atoms with E-state index in [2.05, 4.69) is 25.7 Å². The number of likely N-dealkylation sites (tertiary alicyclic amines) is 1. The Kier molecular flexibility index (Phi) is 1.59. The van der Waals surface area contributed by atoms with Gasteiger partial charge in [0.2, 0.25) is 0 Å². The van der Waals surface area contributed by atoms with Crippen LogP contribution in [0, 0.1) is 5.41 Å². The van der Waals surface area contributed by atoms with Crippen molar-refractivity contribution in [1.29, 1.82) is 0 Å². The van der Waals surface area contributed by atoms with E-state index in [-0.39, 0.29) is 5.54 Å². The highest BCUT2D eigenvalue weighted by Gasteiger charge is 2.68. The van der Waals surface area contributed by atoms with Gasteiger partial charge in [0.05, 0.1) is 0 Å². The Labute approximate surface area is 75.1 Å². The maximum Gasteiger partial charge on any atom is 0.0360 e. The summed E-state index contributed by atoms with van der Waals surface area (Å²) in [5, 5.41) is 0. The van der Waals surface area contributed by atoms with Crippen LogP contribution in [0.3, 0.4) is 0 Å². The molecule has 0 amide bonds. The predicted molar refractivity (Wildman–Crippen MR) is 51.0 cm³/mol. The van der Waals surface area contributed by atoms with Crippen LogP contribution >= 0.6 is 0 Å². The van der Waals surface area contributed by atoms with Crippen molar-refractivity contribution < 1.29 is 0 Å². The molecule has 2 atom stereocenters. The molecule has 1 saturated heterocycles. The molecule has 1 aliphatic heterocycles. The molecular weight excluding hydrogens is 148 g/mol. The van der Waals surface area contributed by atoms with E-state index in [4.69, 9.17) is 5.73 Å². The van der Waals surface area contributed by atoms with Gasteiger partial charge >= 0.3 is 0 Å². The number of nitrogens with two attached hydrogens (primary N) is 1. The number of fused-ring (bicyclic) bond motifs is 1. The number of hydrogen-bond acceptors (Lipinski definition) is 2. The van der Waals surface area contributed by atoms with E-state index in [1.54, 1.807) is 0 Å². The quantitative estimate of drug-likeness (QED) is 0.671. The fourth-order valence-electron chi connectivity index (χ4n) is 2.76. The first-order valence-electron chi connectivity index (χ1n) is 5.06. The molecular formula is C10H20N2. The molecule has 2 fully saturated rings. The summed E-state index contributed by atoms with van der Waals surface area (Å²) in [6.07, 6.45) is 2.52. The van der Waals surface area contributed by atoms with Gasteiger partial charge in [0.25, 0.3) is 0 Å². The Morgan fingerprint density at radius 2 is 2.08 bits per heavy atom. The van der Waals surface area contributed by atoms with Crippen LogP contribution in [0.25, 0.3) is 0 Å². The largest absolute Gasteiger partial charge is 0.323 e. The standard InChI is InChI=1S/C10H20N2/c1-4-9-5-10(9,11)7-12(6-9)8(2)3/h8H,4-7,11H2,1-3H3/t9-,10?/m0/s1. The highest BCUT2D eigenvalue weighted by molar-refractivity contribution is 5.25. The molecule has 1 heterocycles. The van der Waals surface area contributed by atoms with Gasteiger partial charge in [-0.25, -0.2) is 0 Å². The summed E-state index contributed by atoms with van der Waals surface area (Å²) in [7, 11) is 0. The molecule has 0 spiro atoms. The summed E-state index contributed by atoms with van der Waals surface area (Å²) >= 11 is 0. The van der Waals surface area contributed by atoms with Gasteiger partial charge in [0, 0.05) is 30.1 Å². The number of hydrogen-bond donors (Lipinski definition) is 1. The molecule has 1 aliphatic carbocycles. The van der Waals surface area contributed by atoms with Crippen molar-refractivity contribution in [3.8, 4) is 0 Å². The van der Waals surface area contributed by atoms with E-state index in [1.807, 2.05) is 0 Å². The van der Waals surface area contributed by atoms with Crippen molar-refractivity contribution in [2.75, 3.05) is 13.1 Å². The molecule has 0 aromatic carbocycles. The Morgan fingerprint density at radius 1 is 1.42 bits per heavy atom. The summed E-state index contributed by atoms with van der Waals surface area (Å²) in [5.74, 6) is 0. The third-order valence-corrected chi connectivity index (χ3v) is 3.98. The van der Waals surface area contributed by atoms with E-state index >= 15 is 0 Å². The fourth-order valence-corrected chi connectivity index (χ4v) is 2.76. The topological polar surface area (TPSA) is 29.3 Å². The Morgan fingerprint density at radius 3 is 2.42 bits per heavy atom. The second-order valence-corrected chi connectivity index (χ2v) is 4.97. The third kappa shape index (κ3) is 0.882. The summed E-state index contributed by atoms with van der Waals surface area (Å²) in [5.41, 5.74) is 6.97. The number of nitrogens with zero attached hydrogens (tertiary/aromatic N) is 1. The number of rotatable bonds is 2. The van der Waals surface area contributed by atoms with Gasteiger partial charge in [-0.1, -0.05) is 6.92 Å². The van der Waals surface area contributed by atoms with Crippen LogP contribution in [-0.2, 0) is 0 Å². The van der Waals surface area contributed by atoms with Gasteiger partial charge in [0.1, 0.15) is 0 Å². The van der Waals surface area contributed by atoms with E-state index in [0.29, 0.717) is 11.5 Å². The lowest BCUT2D eigenvalue weighted by Crippen LogP contribution is -2.36. The smallest absolute Gasteiger partial charge is 0.0360 e. The first-order valence-corrected chi connectivity index (χ1v) is 5.06. The van der Waals surface area contributed by atoms with Crippen LogP contribution in [0.5, 0.6) is 0 Å². The van der Waals surface area contributed by atoms with E-state index in [0.717, 1.165) is 6.54 Å². The van der Waals surface area contributed by atoms with Gasteiger partial charge in [-0.2, -0.15) is 0 Å². The van der Waals surface area contributed by atoms with E-state index in [9.17, 15) is 0 Å². The van der Waals surface area contributed by atoms with Crippen LogP contribution in [0.4, 0.5) is 0 Å². The van der Waals surface area contributed by atoms with Gasteiger partial charge in [0.15, 0.2) is 0 Å². The molecule has 2 aliphatic rings. The molecule has 1 unspecified atom stereocenters. The van der Waals surface area contributed by atoms with Gasteiger partial charge < -0.3 is 5.73 Å². The first kappa shape index (κ1) is 8.52. The highest BCUT2D eigenvalue weighted by atomic mass is 15.3. The Balaban J connectivity index is 2.08. The highest BCUT2D eigenvalue weighted by Crippen LogP contribution is 2.61. The SMILES string of the molecule is CC[C@]12CN(C(C)C)CC1(N)C2. The molecule has 70 valence electrons. The van der Waals surface area contributed by atoms with E-state index < -0.39 is 0 Å². The summed E-state index contributed by atoms with van der Waals surface area (Å²) in [4.78, 5) is 2.52. The van der Waals surface area contributed by atoms with Crippen LogP contribution < -0.4 is 5.73 Å². The molecule has 12 heavy (non-hydrogen) atoms. The zero-order valence-corrected chi connectivity index (χ0v) is 8.43. The maximum atomic E-state index is 6.28. The lowest BCUT2D eigenvalue weighted by Gasteiger charge is -2.24. The molecule has 2 nitrogen and oxygen atoms in total. The number of piperidine rings is 1. The summed E-state index contributed by atoms with van der Waals surface area (Å²) in [6, 6.07) is 0.668. The van der Waals surface area contributed by atoms with Gasteiger partial charge in [-0.05, 0) is 26.7 Å². The van der Waals surface area contributed by atoms with Crippen molar-refractivity contribution in [3.05, 3.63) is 0 Å². The minimum atomic E-state index is 0.187. The van der Waals surface area contributed by atoms with Crippen LogP contribution in [0.15, 0.2) is 0 Å². The Bertz CT molecular complexity index is 202. The zero-order valence-electron chi connectivity index (χ0n) is 8.43. The van der Waals surface area contributed by atoms with Crippen molar-refractivity contribution in [3.63, 3.8) is 0 Å². The molecule has 0 aromatic rings. The fraction of sp³-hybridized carbons (Fsp3) is 1.00. The van der Waals surface area contributed by atoms with Crippen LogP contribution in [-0.4, -0.2) is 29.6 Å². The summed E-state index contributed by atoms with van der Waals surface area (Å²) in [6.45, 7) is 9.16. The van der Waals surface area contributed by atoms with Crippen molar-refractivity contribution in [2.45, 2.75) is 45.2 Å². The maximum absolute atomic E-state index is 6.28. The normalized spacial score (nSPS) is 46.8. The predicted octanol–water partition coefficient (Wildman–Crippen LogP) is 1.21. The van der Waals surface area contributed by atoms with E-state index in [1.165, 1.54) is 19.4 Å². The second-order valence-electron chi connectivity index (χ2n) is 4.97. The molecule has 2 rings (SSSR count). The van der Waals surface area contributed by atoms with Crippen molar-refractivity contribution in [1.82, 2.24) is 4.90 Å². The minimum Gasteiger partial charge on any atom is -0.323 e. The van der Waals surface area contributed by atoms with Gasteiger partial charge in [-0.3, -0.25) is 4.90 Å². The summed E-state index contributed by atoms with van der Waals surface area (Å²) < 4.78 is 0. The van der Waals surface area contributed by atoms with Crippen LogP contribution in [0.2, 0.25) is 0 Å². The average molecular weight is 168 g/mol. The molecule has 1 saturated carbocycles. The van der Waals surface area contributed by atoms with Crippen LogP contribution in [0.1, 0.15) is 33.6 Å². The average Bonchev–Trinajstić information content (AvgIpc) is 2.46. The van der Waals surface area contributed by atoms with Crippen molar-refractivity contribution >= 4 is 0 Å². The molecule has 2 heteroatoms. The third-order valence-electron chi connectivity index (χ3n) is 3.98. The lowest BCUT2D eigenvalue weighted by molar-refractivity contribution is 0.226. The zero-order chi connectivity index (χ0) is 8.98. The molecule has 2 N–H and O–H groups in total. The second kappa shape index (κ2) is 2.24. The first-order chi connectivity index (χ1) is 5.53. The van der Waals surface area contributed by atoms with Gasteiger partial charge in [-0.15, -0.1) is 0 Å². The molecule has 0 aromatic heterocycles. The monoisotopic (exact) mass is 168 g/mol. The molecule has 0 bridgehead atoms. The lowest BCUT2D eigenvalue weighted by atomic mass is 10.0. The minimum absolute atomic E-state index is 0.187. The molecule has 0 radical (unpaired) electrons. The Hall–Kier alpha value is -0.0800.